The van der Waals surface area contributed by atoms with Gasteiger partial charge in [-0.3, -0.25) is 9.10 Å². The van der Waals surface area contributed by atoms with Crippen LogP contribution in [0.3, 0.4) is 0 Å². The Morgan fingerprint density at radius 1 is 1.03 bits per heavy atom. The summed E-state index contributed by atoms with van der Waals surface area (Å²) in [5.74, 6) is 0.359. The number of rotatable bonds is 8. The molecule has 30 heavy (non-hydrogen) atoms. The van der Waals surface area contributed by atoms with Gasteiger partial charge in [-0.2, -0.15) is 0 Å². The first-order valence-electron chi connectivity index (χ1n) is 9.68. The maximum Gasteiger partial charge on any atom is 0.240 e. The van der Waals surface area contributed by atoms with Gasteiger partial charge in [-0.05, 0) is 36.9 Å². The molecule has 0 aromatic heterocycles. The van der Waals surface area contributed by atoms with Crippen LogP contribution in [0.1, 0.15) is 11.1 Å². The lowest BCUT2D eigenvalue weighted by molar-refractivity contribution is -0.119. The Morgan fingerprint density at radius 3 is 2.50 bits per heavy atom. The van der Waals surface area contributed by atoms with Gasteiger partial charge in [-0.1, -0.05) is 54.1 Å². The zero-order valence-corrected chi connectivity index (χ0v) is 18.2. The third-order valence-electron chi connectivity index (χ3n) is 4.74. The second-order valence-corrected chi connectivity index (χ2v) is 9.14. The summed E-state index contributed by atoms with van der Waals surface area (Å²) in [6, 6.07) is 19.2. The molecule has 0 bridgehead atoms. The fourth-order valence-corrected chi connectivity index (χ4v) is 4.24. The Balaban J connectivity index is 1.59. The van der Waals surface area contributed by atoms with Crippen molar-refractivity contribution < 1.29 is 17.9 Å². The maximum absolute atomic E-state index is 12.4. The number of amides is 1. The molecular formula is C23H26N2O4S. The molecule has 3 aromatic carbocycles. The lowest BCUT2D eigenvalue weighted by Crippen LogP contribution is -2.41. The monoisotopic (exact) mass is 426 g/mol. The Morgan fingerprint density at radius 2 is 1.77 bits per heavy atom. The third kappa shape index (κ3) is 5.30. The summed E-state index contributed by atoms with van der Waals surface area (Å²) in [6.07, 6.45) is 1.10. The predicted molar refractivity (Wildman–Crippen MR) is 121 cm³/mol. The highest BCUT2D eigenvalue weighted by Crippen LogP contribution is 2.25. The van der Waals surface area contributed by atoms with Crippen molar-refractivity contribution in [2.24, 2.45) is 0 Å². The van der Waals surface area contributed by atoms with Crippen LogP contribution in [0.5, 0.6) is 5.75 Å². The van der Waals surface area contributed by atoms with Gasteiger partial charge < -0.3 is 10.1 Å². The van der Waals surface area contributed by atoms with Crippen molar-refractivity contribution in [3.8, 4) is 5.75 Å². The molecular weight excluding hydrogens is 400 g/mol. The Labute approximate surface area is 177 Å². The van der Waals surface area contributed by atoms with Crippen molar-refractivity contribution >= 4 is 32.4 Å². The highest BCUT2D eigenvalue weighted by Gasteiger charge is 2.22. The number of sulfonamides is 1. The first-order valence-corrected chi connectivity index (χ1v) is 11.5. The minimum Gasteiger partial charge on any atom is -0.491 e. The molecule has 0 saturated carbocycles. The fourth-order valence-electron chi connectivity index (χ4n) is 3.33. The third-order valence-corrected chi connectivity index (χ3v) is 5.87. The summed E-state index contributed by atoms with van der Waals surface area (Å²) in [7, 11) is -3.61. The molecule has 0 unspecified atom stereocenters. The lowest BCUT2D eigenvalue weighted by atomic mass is 10.1. The number of nitrogens with one attached hydrogen (secondary N) is 1. The van der Waals surface area contributed by atoms with Crippen molar-refractivity contribution in [3.63, 3.8) is 0 Å². The van der Waals surface area contributed by atoms with Crippen LogP contribution in [0.4, 0.5) is 5.69 Å². The summed E-state index contributed by atoms with van der Waals surface area (Å²) in [5.41, 5.74) is 2.33. The number of anilines is 1. The van der Waals surface area contributed by atoms with Crippen LogP contribution < -0.4 is 14.4 Å². The Bertz CT molecular complexity index is 1150. The lowest BCUT2D eigenvalue weighted by Gasteiger charge is -2.24. The average molecular weight is 427 g/mol. The molecule has 0 fully saturated rings. The summed E-state index contributed by atoms with van der Waals surface area (Å²) >= 11 is 0. The largest absolute Gasteiger partial charge is 0.491 e. The molecule has 0 atom stereocenters. The summed E-state index contributed by atoms with van der Waals surface area (Å²) in [5, 5.41) is 4.82. The molecule has 0 aliphatic rings. The normalized spacial score (nSPS) is 11.3. The van der Waals surface area contributed by atoms with Crippen LogP contribution in [0.15, 0.2) is 60.7 Å². The molecule has 0 aliphatic heterocycles. The van der Waals surface area contributed by atoms with Gasteiger partial charge in [0.15, 0.2) is 0 Å². The van der Waals surface area contributed by atoms with Gasteiger partial charge in [0.25, 0.3) is 0 Å². The molecule has 7 heteroatoms. The van der Waals surface area contributed by atoms with Gasteiger partial charge >= 0.3 is 0 Å². The quantitative estimate of drug-likeness (QED) is 0.560. The van der Waals surface area contributed by atoms with Crippen molar-refractivity contribution in [2.75, 3.05) is 30.3 Å². The van der Waals surface area contributed by atoms with E-state index < -0.39 is 10.0 Å². The summed E-state index contributed by atoms with van der Waals surface area (Å²) < 4.78 is 31.5. The molecule has 0 heterocycles. The summed E-state index contributed by atoms with van der Waals surface area (Å²) in [4.78, 5) is 12.4. The zero-order chi connectivity index (χ0) is 21.7. The highest BCUT2D eigenvalue weighted by atomic mass is 32.2. The second kappa shape index (κ2) is 9.17. The molecule has 0 aliphatic carbocycles. The van der Waals surface area contributed by atoms with Crippen LogP contribution in [0.25, 0.3) is 10.8 Å². The van der Waals surface area contributed by atoms with Crippen LogP contribution in [-0.4, -0.2) is 40.3 Å². The van der Waals surface area contributed by atoms with E-state index in [0.29, 0.717) is 5.69 Å². The van der Waals surface area contributed by atoms with E-state index in [1.807, 2.05) is 68.4 Å². The molecule has 1 amide bonds. The zero-order valence-electron chi connectivity index (χ0n) is 17.4. The average Bonchev–Trinajstić information content (AvgIpc) is 2.69. The number of carbonyl (C=O) groups excluding carboxylic acids is 1. The first-order chi connectivity index (χ1) is 14.3. The molecule has 0 radical (unpaired) electrons. The summed E-state index contributed by atoms with van der Waals surface area (Å²) in [6.45, 7) is 4.03. The first kappa shape index (κ1) is 21.6. The highest BCUT2D eigenvalue weighted by molar-refractivity contribution is 7.92. The van der Waals surface area contributed by atoms with Crippen LogP contribution in [0, 0.1) is 13.8 Å². The number of fused-ring (bicyclic) bond motifs is 1. The van der Waals surface area contributed by atoms with E-state index in [-0.39, 0.29) is 25.6 Å². The number of aryl methyl sites for hydroxylation is 2. The molecule has 3 rings (SSSR count). The van der Waals surface area contributed by atoms with E-state index in [2.05, 4.69) is 5.32 Å². The van der Waals surface area contributed by atoms with Gasteiger partial charge in [0.05, 0.1) is 18.5 Å². The van der Waals surface area contributed by atoms with E-state index in [9.17, 15) is 13.2 Å². The number of carbonyl (C=O) groups is 1. The fraction of sp³-hybridized carbons (Fsp3) is 0.261. The van der Waals surface area contributed by atoms with Gasteiger partial charge in [-0.25, -0.2) is 8.42 Å². The second-order valence-electron chi connectivity index (χ2n) is 7.24. The van der Waals surface area contributed by atoms with Crippen molar-refractivity contribution in [1.29, 1.82) is 0 Å². The smallest absolute Gasteiger partial charge is 0.240 e. The number of hydrogen-bond donors (Lipinski definition) is 1. The van der Waals surface area contributed by atoms with Crippen molar-refractivity contribution in [3.05, 3.63) is 71.8 Å². The number of nitrogens with zero attached hydrogens (tertiary/aromatic N) is 1. The molecule has 0 saturated heterocycles. The van der Waals surface area contributed by atoms with E-state index in [4.69, 9.17) is 4.74 Å². The molecule has 3 aromatic rings. The number of ether oxygens (including phenoxy) is 1. The molecule has 1 N–H and O–H groups in total. The minimum absolute atomic E-state index is 0.270. The Kier molecular flexibility index (Phi) is 6.62. The van der Waals surface area contributed by atoms with Crippen LogP contribution in [0.2, 0.25) is 0 Å². The molecule has 6 nitrogen and oxygen atoms in total. The Hall–Kier alpha value is -3.06. The van der Waals surface area contributed by atoms with Crippen molar-refractivity contribution in [2.45, 2.75) is 13.8 Å². The topological polar surface area (TPSA) is 75.7 Å². The van der Waals surface area contributed by atoms with Crippen LogP contribution in [-0.2, 0) is 14.8 Å². The SMILES string of the molecule is Cc1ccc(N(CC(=O)NCCOc2cccc3ccccc23)S(C)(=O)=O)c(C)c1. The number of benzene rings is 3. The van der Waals surface area contributed by atoms with E-state index in [0.717, 1.165) is 38.2 Å². The van der Waals surface area contributed by atoms with Gasteiger partial charge in [0, 0.05) is 5.39 Å². The van der Waals surface area contributed by atoms with E-state index >= 15 is 0 Å². The minimum atomic E-state index is -3.61. The standard InChI is InChI=1S/C23H26N2O4S/c1-17-11-12-21(18(2)15-17)25(30(3,27)28)16-23(26)24-13-14-29-22-10-6-8-19-7-4-5-9-20(19)22/h4-12,15H,13-14,16H2,1-3H3,(H,24,26). The molecule has 0 spiro atoms. The van der Waals surface area contributed by atoms with E-state index in [1.54, 1.807) is 6.07 Å². The van der Waals surface area contributed by atoms with Gasteiger partial charge in [0.2, 0.25) is 15.9 Å². The maximum atomic E-state index is 12.4. The van der Waals surface area contributed by atoms with Crippen LogP contribution >= 0.6 is 0 Å². The van der Waals surface area contributed by atoms with Gasteiger partial charge in [-0.15, -0.1) is 0 Å². The predicted octanol–water partition coefficient (Wildman–Crippen LogP) is 3.42. The van der Waals surface area contributed by atoms with Gasteiger partial charge in [0.1, 0.15) is 18.9 Å². The number of hydrogen-bond acceptors (Lipinski definition) is 4. The molecule has 158 valence electrons. The van der Waals surface area contributed by atoms with E-state index in [1.165, 1.54) is 0 Å². The van der Waals surface area contributed by atoms with Crippen molar-refractivity contribution in [1.82, 2.24) is 5.32 Å².